The molecule has 2 heterocycles. The number of aryl methyl sites for hydroxylation is 1. The number of nitrogens with one attached hydrogen (secondary N) is 4. The summed E-state index contributed by atoms with van der Waals surface area (Å²) in [6.07, 6.45) is 6.76. The van der Waals surface area contributed by atoms with Crippen molar-refractivity contribution in [1.82, 2.24) is 26.3 Å². The second-order valence-electron chi connectivity index (χ2n) is 11.1. The van der Waals surface area contributed by atoms with Crippen molar-refractivity contribution in [2.45, 2.75) is 82.8 Å². The first-order valence-corrected chi connectivity index (χ1v) is 15.1. The zero-order chi connectivity index (χ0) is 29.2. The van der Waals surface area contributed by atoms with Crippen LogP contribution in [0, 0.1) is 5.92 Å². The molecule has 2 aromatic rings. The normalized spacial score (nSPS) is 23.2. The largest absolute Gasteiger partial charge is 0.490 e. The minimum Gasteiger partial charge on any atom is -0.490 e. The fraction of sp³-hybridized carbons (Fsp3) is 0.548. The number of hydrogen-bond acceptors (Lipinski definition) is 6. The molecule has 0 bridgehead atoms. The fourth-order valence-corrected chi connectivity index (χ4v) is 5.82. The molecule has 10 heteroatoms. The van der Waals surface area contributed by atoms with Gasteiger partial charge in [0.05, 0.1) is 11.7 Å². The van der Waals surface area contributed by atoms with E-state index in [1.54, 1.807) is 18.3 Å². The summed E-state index contributed by atoms with van der Waals surface area (Å²) in [5, 5.41) is 13.0. The Hall–Kier alpha value is -3.17. The summed E-state index contributed by atoms with van der Waals surface area (Å²) in [5.41, 5.74) is 0.580. The highest BCUT2D eigenvalue weighted by molar-refractivity contribution is 6.30. The van der Waals surface area contributed by atoms with E-state index in [0.29, 0.717) is 56.2 Å². The molecule has 1 aliphatic heterocycles. The predicted molar refractivity (Wildman–Crippen MR) is 159 cm³/mol. The molecule has 3 atom stereocenters. The van der Waals surface area contributed by atoms with Crippen molar-refractivity contribution in [3.05, 3.63) is 58.9 Å². The van der Waals surface area contributed by atoms with E-state index in [4.69, 9.17) is 16.3 Å². The minimum absolute atomic E-state index is 0.0393. The molecule has 2 aliphatic rings. The van der Waals surface area contributed by atoms with Crippen molar-refractivity contribution in [3.8, 4) is 5.75 Å². The molecule has 1 spiro atoms. The number of halogens is 1. The Morgan fingerprint density at radius 1 is 1.07 bits per heavy atom. The van der Waals surface area contributed by atoms with E-state index >= 15 is 0 Å². The van der Waals surface area contributed by atoms with Gasteiger partial charge in [-0.3, -0.25) is 19.4 Å². The van der Waals surface area contributed by atoms with Crippen LogP contribution in [-0.2, 0) is 27.2 Å². The highest BCUT2D eigenvalue weighted by Gasteiger charge is 2.45. The van der Waals surface area contributed by atoms with E-state index in [1.807, 2.05) is 38.1 Å². The molecular weight excluding hydrogens is 542 g/mol. The standard InChI is InChI=1S/C31H42ClN5O4/c1-3-21(2)27-29(39)37-31(13-4-5-14-31)30(40)36-25(20-22-9-6-10-23(32)19-22)28(38)35-16-7-11-24-26(12-8-15-33-24)41-18-17-34-27/h6,8-10,12,15,19,21,25,27,34H,3-5,7,11,13-14,16-18,20H2,1-2H3,(H,35,38)(H,36,40)(H,37,39)/t21-,25-,27-/m0/s1. The first kappa shape index (κ1) is 30.8. The van der Waals surface area contributed by atoms with Gasteiger partial charge in [-0.25, -0.2) is 0 Å². The number of rotatable bonds is 4. The van der Waals surface area contributed by atoms with Crippen LogP contribution in [0.25, 0.3) is 0 Å². The Morgan fingerprint density at radius 2 is 1.88 bits per heavy atom. The van der Waals surface area contributed by atoms with Gasteiger partial charge in [0.25, 0.3) is 0 Å². The summed E-state index contributed by atoms with van der Waals surface area (Å²) in [4.78, 5) is 45.5. The average molecular weight is 584 g/mol. The van der Waals surface area contributed by atoms with Crippen molar-refractivity contribution < 1.29 is 19.1 Å². The van der Waals surface area contributed by atoms with Crippen LogP contribution < -0.4 is 26.0 Å². The number of benzene rings is 1. The molecule has 1 saturated carbocycles. The van der Waals surface area contributed by atoms with Crippen molar-refractivity contribution in [1.29, 1.82) is 0 Å². The lowest BCUT2D eigenvalue weighted by molar-refractivity contribution is -0.137. The van der Waals surface area contributed by atoms with Gasteiger partial charge in [0.1, 0.15) is 23.9 Å². The van der Waals surface area contributed by atoms with Gasteiger partial charge in [-0.15, -0.1) is 0 Å². The van der Waals surface area contributed by atoms with Gasteiger partial charge in [0.15, 0.2) is 0 Å². The molecule has 1 aromatic heterocycles. The lowest BCUT2D eigenvalue weighted by Gasteiger charge is -2.34. The molecule has 0 saturated heterocycles. The fourth-order valence-electron chi connectivity index (χ4n) is 5.60. The summed E-state index contributed by atoms with van der Waals surface area (Å²) in [7, 11) is 0. The zero-order valence-electron chi connectivity index (χ0n) is 24.0. The first-order chi connectivity index (χ1) is 19.8. The molecule has 3 amide bonds. The average Bonchev–Trinajstić information content (AvgIpc) is 3.44. The number of hydrogen-bond donors (Lipinski definition) is 4. The zero-order valence-corrected chi connectivity index (χ0v) is 24.8. The first-order valence-electron chi connectivity index (χ1n) is 14.8. The third-order valence-corrected chi connectivity index (χ3v) is 8.40. The maximum atomic E-state index is 13.9. The van der Waals surface area contributed by atoms with Crippen LogP contribution >= 0.6 is 11.6 Å². The summed E-state index contributed by atoms with van der Waals surface area (Å²) in [6, 6.07) is 9.68. The Balaban J connectivity index is 1.61. The molecule has 1 aromatic carbocycles. The monoisotopic (exact) mass is 583 g/mol. The lowest BCUT2D eigenvalue weighted by atomic mass is 9.92. The van der Waals surface area contributed by atoms with Gasteiger partial charge in [-0.2, -0.15) is 0 Å². The Labute approximate surface area is 247 Å². The SMILES string of the molecule is CC[C@H](C)[C@@H]1NCCOc2cccnc2CCCNC(=O)[C@H](Cc2cccc(Cl)c2)NC(=O)C2(CCCC2)NC1=O. The van der Waals surface area contributed by atoms with Crippen LogP contribution in [-0.4, -0.2) is 60.0 Å². The van der Waals surface area contributed by atoms with Crippen molar-refractivity contribution in [3.63, 3.8) is 0 Å². The lowest BCUT2D eigenvalue weighted by Crippen LogP contribution is -2.64. The number of ether oxygens (including phenoxy) is 1. The van der Waals surface area contributed by atoms with Crippen LogP contribution in [0.5, 0.6) is 5.75 Å². The number of pyridine rings is 1. The van der Waals surface area contributed by atoms with Gasteiger partial charge in [-0.1, -0.05) is 56.8 Å². The number of aromatic nitrogens is 1. The summed E-state index contributed by atoms with van der Waals surface area (Å²) < 4.78 is 6.04. The number of fused-ring (bicyclic) bond motifs is 1. The van der Waals surface area contributed by atoms with Gasteiger partial charge < -0.3 is 26.0 Å². The molecular formula is C31H42ClN5O4. The van der Waals surface area contributed by atoms with Crippen LogP contribution in [0.2, 0.25) is 5.02 Å². The van der Waals surface area contributed by atoms with E-state index in [2.05, 4.69) is 26.3 Å². The third-order valence-electron chi connectivity index (χ3n) is 8.16. The molecule has 1 aliphatic carbocycles. The van der Waals surface area contributed by atoms with Gasteiger partial charge in [0, 0.05) is 30.7 Å². The minimum atomic E-state index is -1.07. The van der Waals surface area contributed by atoms with E-state index in [-0.39, 0.29) is 30.1 Å². The Morgan fingerprint density at radius 3 is 2.63 bits per heavy atom. The van der Waals surface area contributed by atoms with E-state index in [0.717, 1.165) is 30.5 Å². The summed E-state index contributed by atoms with van der Waals surface area (Å²) >= 11 is 6.21. The van der Waals surface area contributed by atoms with Gasteiger partial charge in [-0.05, 0) is 61.4 Å². The van der Waals surface area contributed by atoms with Crippen LogP contribution in [0.1, 0.15) is 63.6 Å². The number of carbonyl (C=O) groups is 3. The van der Waals surface area contributed by atoms with Crippen LogP contribution in [0.3, 0.4) is 0 Å². The van der Waals surface area contributed by atoms with Crippen LogP contribution in [0.15, 0.2) is 42.6 Å². The topological polar surface area (TPSA) is 121 Å². The quantitative estimate of drug-likeness (QED) is 0.438. The van der Waals surface area contributed by atoms with E-state index in [1.165, 1.54) is 0 Å². The smallest absolute Gasteiger partial charge is 0.246 e. The molecule has 0 unspecified atom stereocenters. The van der Waals surface area contributed by atoms with Crippen LogP contribution in [0.4, 0.5) is 0 Å². The highest BCUT2D eigenvalue weighted by atomic mass is 35.5. The van der Waals surface area contributed by atoms with E-state index < -0.39 is 17.6 Å². The maximum Gasteiger partial charge on any atom is 0.246 e. The number of nitrogens with zero attached hydrogens (tertiary/aromatic N) is 1. The highest BCUT2D eigenvalue weighted by Crippen LogP contribution is 2.31. The Kier molecular flexibility index (Phi) is 11.0. The number of carbonyl (C=O) groups excluding carboxylic acids is 3. The van der Waals surface area contributed by atoms with Gasteiger partial charge >= 0.3 is 0 Å². The predicted octanol–water partition coefficient (Wildman–Crippen LogP) is 3.34. The molecule has 9 nitrogen and oxygen atoms in total. The Bertz CT molecular complexity index is 1200. The summed E-state index contributed by atoms with van der Waals surface area (Å²) in [5.74, 6) is -0.0818. The second kappa shape index (κ2) is 14.6. The third kappa shape index (κ3) is 8.20. The molecule has 4 rings (SSSR count). The van der Waals surface area contributed by atoms with Crippen molar-refractivity contribution in [2.75, 3.05) is 19.7 Å². The van der Waals surface area contributed by atoms with Crippen molar-refractivity contribution >= 4 is 29.3 Å². The summed E-state index contributed by atoms with van der Waals surface area (Å²) in [6.45, 7) is 5.31. The molecule has 0 radical (unpaired) electrons. The molecule has 1 fully saturated rings. The maximum absolute atomic E-state index is 13.9. The molecule has 41 heavy (non-hydrogen) atoms. The van der Waals surface area contributed by atoms with E-state index in [9.17, 15) is 14.4 Å². The molecule has 4 N–H and O–H groups in total. The second-order valence-corrected chi connectivity index (χ2v) is 11.6. The number of amides is 3. The van der Waals surface area contributed by atoms with Crippen molar-refractivity contribution in [2.24, 2.45) is 5.92 Å². The van der Waals surface area contributed by atoms with Gasteiger partial charge in [0.2, 0.25) is 17.7 Å². The molecule has 222 valence electrons.